The standard InChI is InChI=1S/C25H20N4O2/c30-24(26-14-13-18-15-27-22-7-3-1-5-20(18)22)17-9-11-19(12-10-17)29-16-28-23-8-4-2-6-21(23)25(29)31/h1-12,15-16,27H,13-14H2,(H,26,30). The fraction of sp³-hybridized carbons (Fsp3) is 0.0800. The predicted molar refractivity (Wildman–Crippen MR) is 122 cm³/mol. The molecule has 6 nitrogen and oxygen atoms in total. The van der Waals surface area contributed by atoms with Crippen molar-refractivity contribution < 1.29 is 4.79 Å². The second kappa shape index (κ2) is 7.91. The van der Waals surface area contributed by atoms with Gasteiger partial charge in [-0.15, -0.1) is 0 Å². The van der Waals surface area contributed by atoms with Crippen LogP contribution in [0.15, 0.2) is 90.1 Å². The van der Waals surface area contributed by atoms with E-state index in [-0.39, 0.29) is 11.5 Å². The molecule has 152 valence electrons. The van der Waals surface area contributed by atoms with Crippen LogP contribution in [-0.2, 0) is 6.42 Å². The zero-order valence-electron chi connectivity index (χ0n) is 16.7. The van der Waals surface area contributed by atoms with E-state index in [9.17, 15) is 9.59 Å². The number of aromatic amines is 1. The Bertz CT molecular complexity index is 1450. The zero-order valence-corrected chi connectivity index (χ0v) is 16.7. The second-order valence-corrected chi connectivity index (χ2v) is 7.35. The summed E-state index contributed by atoms with van der Waals surface area (Å²) in [5, 5.41) is 4.70. The Labute approximate surface area is 178 Å². The van der Waals surface area contributed by atoms with Gasteiger partial charge in [-0.05, 0) is 54.4 Å². The van der Waals surface area contributed by atoms with E-state index >= 15 is 0 Å². The molecule has 0 fully saturated rings. The zero-order chi connectivity index (χ0) is 21.2. The summed E-state index contributed by atoms with van der Waals surface area (Å²) in [4.78, 5) is 32.9. The average Bonchev–Trinajstić information content (AvgIpc) is 3.23. The molecule has 0 saturated carbocycles. The third-order valence-electron chi connectivity index (χ3n) is 5.43. The van der Waals surface area contributed by atoms with Gasteiger partial charge in [0.25, 0.3) is 11.5 Å². The molecule has 0 aliphatic carbocycles. The molecule has 5 aromatic rings. The second-order valence-electron chi connectivity index (χ2n) is 7.35. The van der Waals surface area contributed by atoms with Crippen molar-refractivity contribution in [2.45, 2.75) is 6.42 Å². The Morgan fingerprint density at radius 2 is 1.68 bits per heavy atom. The Morgan fingerprint density at radius 1 is 0.935 bits per heavy atom. The van der Waals surface area contributed by atoms with E-state index in [0.29, 0.717) is 28.7 Å². The van der Waals surface area contributed by atoms with Gasteiger partial charge in [0.2, 0.25) is 0 Å². The monoisotopic (exact) mass is 408 g/mol. The number of fused-ring (bicyclic) bond motifs is 2. The average molecular weight is 408 g/mol. The third-order valence-corrected chi connectivity index (χ3v) is 5.43. The van der Waals surface area contributed by atoms with Gasteiger partial charge in [0.05, 0.1) is 16.6 Å². The van der Waals surface area contributed by atoms with Crippen LogP contribution in [0.3, 0.4) is 0 Å². The highest BCUT2D eigenvalue weighted by Crippen LogP contribution is 2.18. The van der Waals surface area contributed by atoms with E-state index in [1.807, 2.05) is 42.6 Å². The molecule has 1 amide bonds. The number of nitrogens with zero attached hydrogens (tertiary/aromatic N) is 2. The Hall–Kier alpha value is -4.19. The van der Waals surface area contributed by atoms with Crippen LogP contribution in [0.25, 0.3) is 27.5 Å². The highest BCUT2D eigenvalue weighted by atomic mass is 16.1. The SMILES string of the molecule is O=C(NCCc1c[nH]c2ccccc12)c1ccc(-n2cnc3ccccc3c2=O)cc1. The molecule has 0 spiro atoms. The van der Waals surface area contributed by atoms with Gasteiger partial charge in [-0.25, -0.2) is 4.98 Å². The quantitative estimate of drug-likeness (QED) is 0.464. The Kier molecular flexibility index (Phi) is 4.80. The lowest BCUT2D eigenvalue weighted by atomic mass is 10.1. The van der Waals surface area contributed by atoms with Crippen molar-refractivity contribution in [1.29, 1.82) is 0 Å². The summed E-state index contributed by atoms with van der Waals surface area (Å²) >= 11 is 0. The summed E-state index contributed by atoms with van der Waals surface area (Å²) in [6.45, 7) is 0.538. The van der Waals surface area contributed by atoms with Crippen molar-refractivity contribution in [2.75, 3.05) is 6.54 Å². The summed E-state index contributed by atoms with van der Waals surface area (Å²) < 4.78 is 1.49. The van der Waals surface area contributed by atoms with Crippen molar-refractivity contribution in [1.82, 2.24) is 19.9 Å². The number of carbonyl (C=O) groups is 1. The van der Waals surface area contributed by atoms with Gasteiger partial charge in [-0.2, -0.15) is 0 Å². The van der Waals surface area contributed by atoms with Gasteiger partial charge in [0.15, 0.2) is 0 Å². The predicted octanol–water partition coefficient (Wildman–Crippen LogP) is 3.84. The molecular formula is C25H20N4O2. The lowest BCUT2D eigenvalue weighted by Crippen LogP contribution is -2.25. The number of para-hydroxylation sites is 2. The smallest absolute Gasteiger partial charge is 0.265 e. The number of rotatable bonds is 5. The fourth-order valence-corrected chi connectivity index (χ4v) is 3.78. The van der Waals surface area contributed by atoms with E-state index in [0.717, 1.165) is 11.9 Å². The molecule has 0 atom stereocenters. The van der Waals surface area contributed by atoms with Gasteiger partial charge in [-0.3, -0.25) is 14.2 Å². The summed E-state index contributed by atoms with van der Waals surface area (Å²) in [6.07, 6.45) is 4.24. The molecule has 0 radical (unpaired) electrons. The number of carbonyl (C=O) groups excluding carboxylic acids is 1. The minimum atomic E-state index is -0.143. The highest BCUT2D eigenvalue weighted by molar-refractivity contribution is 5.94. The number of aromatic nitrogens is 3. The maximum absolute atomic E-state index is 12.7. The molecule has 5 rings (SSSR count). The molecule has 0 saturated heterocycles. The fourth-order valence-electron chi connectivity index (χ4n) is 3.78. The van der Waals surface area contributed by atoms with Gasteiger partial charge in [0.1, 0.15) is 6.33 Å². The van der Waals surface area contributed by atoms with E-state index in [2.05, 4.69) is 21.4 Å². The molecule has 31 heavy (non-hydrogen) atoms. The summed E-state index contributed by atoms with van der Waals surface area (Å²) in [6, 6.07) is 22.3. The van der Waals surface area contributed by atoms with Crippen LogP contribution < -0.4 is 10.9 Å². The van der Waals surface area contributed by atoms with Gasteiger partial charge in [-0.1, -0.05) is 30.3 Å². The number of H-pyrrole nitrogens is 1. The first-order chi connectivity index (χ1) is 15.2. The molecule has 0 aliphatic rings. The molecule has 6 heteroatoms. The number of nitrogens with one attached hydrogen (secondary N) is 2. The number of hydrogen-bond acceptors (Lipinski definition) is 3. The van der Waals surface area contributed by atoms with E-state index in [1.54, 1.807) is 30.3 Å². The van der Waals surface area contributed by atoms with Crippen LogP contribution >= 0.6 is 0 Å². The van der Waals surface area contributed by atoms with Crippen molar-refractivity contribution in [3.05, 3.63) is 107 Å². The topological polar surface area (TPSA) is 79.8 Å². The first-order valence-corrected chi connectivity index (χ1v) is 10.1. The molecule has 2 heterocycles. The van der Waals surface area contributed by atoms with Gasteiger partial charge in [0, 0.05) is 29.2 Å². The van der Waals surface area contributed by atoms with Crippen molar-refractivity contribution in [3.63, 3.8) is 0 Å². The third kappa shape index (κ3) is 3.59. The largest absolute Gasteiger partial charge is 0.361 e. The normalized spacial score (nSPS) is 11.1. The maximum Gasteiger partial charge on any atom is 0.265 e. The minimum absolute atomic E-state index is 0.137. The van der Waals surface area contributed by atoms with E-state index < -0.39 is 0 Å². The summed E-state index contributed by atoms with van der Waals surface area (Å²) in [7, 11) is 0. The summed E-state index contributed by atoms with van der Waals surface area (Å²) in [5.74, 6) is -0.143. The first kappa shape index (κ1) is 18.8. The summed E-state index contributed by atoms with van der Waals surface area (Å²) in [5.41, 5.74) is 4.01. The molecular weight excluding hydrogens is 388 g/mol. The van der Waals surface area contributed by atoms with Crippen molar-refractivity contribution >= 4 is 27.7 Å². The lowest BCUT2D eigenvalue weighted by Gasteiger charge is -2.08. The molecule has 0 aliphatic heterocycles. The van der Waals surface area contributed by atoms with Crippen LogP contribution in [0.4, 0.5) is 0 Å². The lowest BCUT2D eigenvalue weighted by molar-refractivity contribution is 0.0954. The van der Waals surface area contributed by atoms with Crippen LogP contribution in [0.1, 0.15) is 15.9 Å². The maximum atomic E-state index is 12.7. The Morgan fingerprint density at radius 3 is 2.52 bits per heavy atom. The van der Waals surface area contributed by atoms with Crippen molar-refractivity contribution in [3.8, 4) is 5.69 Å². The van der Waals surface area contributed by atoms with E-state index in [1.165, 1.54) is 21.8 Å². The van der Waals surface area contributed by atoms with Gasteiger partial charge >= 0.3 is 0 Å². The molecule has 2 N–H and O–H groups in total. The molecule has 0 unspecified atom stereocenters. The Balaban J connectivity index is 1.28. The highest BCUT2D eigenvalue weighted by Gasteiger charge is 2.09. The van der Waals surface area contributed by atoms with Crippen LogP contribution in [0, 0.1) is 0 Å². The number of amides is 1. The minimum Gasteiger partial charge on any atom is -0.361 e. The molecule has 2 aromatic heterocycles. The molecule has 3 aromatic carbocycles. The van der Waals surface area contributed by atoms with Crippen molar-refractivity contribution in [2.24, 2.45) is 0 Å². The number of benzene rings is 3. The van der Waals surface area contributed by atoms with Crippen LogP contribution in [-0.4, -0.2) is 27.0 Å². The van der Waals surface area contributed by atoms with Crippen LogP contribution in [0.5, 0.6) is 0 Å². The van der Waals surface area contributed by atoms with Crippen LogP contribution in [0.2, 0.25) is 0 Å². The van der Waals surface area contributed by atoms with E-state index in [4.69, 9.17) is 0 Å². The molecule has 0 bridgehead atoms. The number of hydrogen-bond donors (Lipinski definition) is 2. The van der Waals surface area contributed by atoms with Gasteiger partial charge < -0.3 is 10.3 Å². The first-order valence-electron chi connectivity index (χ1n) is 10.1.